The Kier molecular flexibility index (Phi) is 1.77. The van der Waals surface area contributed by atoms with E-state index in [0.29, 0.717) is 0 Å². The van der Waals surface area contributed by atoms with Crippen molar-refractivity contribution in [1.29, 1.82) is 0 Å². The third-order valence-corrected chi connectivity index (χ3v) is 3.02. The number of rotatable bonds is 0. The lowest BCUT2D eigenvalue weighted by molar-refractivity contribution is 0.159. The monoisotopic (exact) mass is 215 g/mol. The number of hydrogen-bond donors (Lipinski definition) is 1. The van der Waals surface area contributed by atoms with Crippen molar-refractivity contribution in [3.8, 4) is 0 Å². The van der Waals surface area contributed by atoms with Crippen LogP contribution in [0, 0.1) is 0 Å². The minimum Gasteiger partial charge on any atom is -0.389 e. The maximum Gasteiger partial charge on any atom is 0.0921 e. The van der Waals surface area contributed by atoms with Gasteiger partial charge in [-0.15, -0.1) is 0 Å². The molecule has 2 nitrogen and oxygen atoms in total. The van der Waals surface area contributed by atoms with Gasteiger partial charge in [-0.3, -0.25) is 0 Å². The van der Waals surface area contributed by atoms with Crippen LogP contribution in [0.1, 0.15) is 0 Å². The fraction of sp³-hybridized carbons (Fsp3) is 0.500. The summed E-state index contributed by atoms with van der Waals surface area (Å²) < 4.78 is 0. The summed E-state index contributed by atoms with van der Waals surface area (Å²) >= 11 is 3.43. The summed E-state index contributed by atoms with van der Waals surface area (Å²) in [5, 5.41) is 9.62. The van der Waals surface area contributed by atoms with Gasteiger partial charge in [-0.05, 0) is 12.3 Å². The predicted octanol–water partition coefficient (Wildman–Crippen LogP) is 0.879. The molecule has 0 aromatic heterocycles. The van der Waals surface area contributed by atoms with E-state index >= 15 is 0 Å². The molecule has 3 heteroatoms. The van der Waals surface area contributed by atoms with Crippen molar-refractivity contribution in [2.45, 2.75) is 17.0 Å². The molecule has 0 bridgehead atoms. The fourth-order valence-electron chi connectivity index (χ4n) is 1.56. The third kappa shape index (κ3) is 1.12. The predicted molar refractivity (Wildman–Crippen MR) is 47.5 cm³/mol. The van der Waals surface area contributed by atoms with Crippen LogP contribution in [-0.4, -0.2) is 33.5 Å². The first-order chi connectivity index (χ1) is 5.29. The molecule has 0 amide bonds. The zero-order chi connectivity index (χ0) is 7.84. The van der Waals surface area contributed by atoms with Crippen molar-refractivity contribution in [2.24, 2.45) is 0 Å². The second kappa shape index (κ2) is 2.64. The van der Waals surface area contributed by atoms with Crippen LogP contribution in [0.3, 0.4) is 0 Å². The number of fused-ring (bicyclic) bond motifs is 1. The van der Waals surface area contributed by atoms with Crippen molar-refractivity contribution >= 4 is 15.9 Å². The molecule has 2 aliphatic rings. The topological polar surface area (TPSA) is 23.5 Å². The minimum absolute atomic E-state index is 0.185. The first-order valence-corrected chi connectivity index (χ1v) is 4.63. The van der Waals surface area contributed by atoms with Gasteiger partial charge in [0.1, 0.15) is 0 Å². The highest BCUT2D eigenvalue weighted by Crippen LogP contribution is 2.26. The van der Waals surface area contributed by atoms with E-state index in [4.69, 9.17) is 0 Å². The van der Waals surface area contributed by atoms with Crippen molar-refractivity contribution in [3.05, 3.63) is 24.4 Å². The molecule has 11 heavy (non-hydrogen) atoms. The number of aliphatic hydroxyl groups excluding tert-OH is 1. The quantitative estimate of drug-likeness (QED) is 0.607. The van der Waals surface area contributed by atoms with Crippen LogP contribution < -0.4 is 0 Å². The highest BCUT2D eigenvalue weighted by Gasteiger charge is 2.36. The van der Waals surface area contributed by atoms with E-state index in [2.05, 4.69) is 20.8 Å². The van der Waals surface area contributed by atoms with Crippen molar-refractivity contribution in [2.75, 3.05) is 6.54 Å². The first-order valence-electron chi connectivity index (χ1n) is 3.72. The molecule has 1 N–H and O–H groups in total. The van der Waals surface area contributed by atoms with Gasteiger partial charge in [0.2, 0.25) is 0 Å². The highest BCUT2D eigenvalue weighted by atomic mass is 79.9. The molecular formula is C8H10BrNO. The summed E-state index contributed by atoms with van der Waals surface area (Å²) in [6, 6.07) is 0.185. The van der Waals surface area contributed by atoms with E-state index < -0.39 is 0 Å². The molecule has 0 aromatic rings. The van der Waals surface area contributed by atoms with Crippen LogP contribution >= 0.6 is 15.9 Å². The van der Waals surface area contributed by atoms with Crippen molar-refractivity contribution < 1.29 is 5.11 Å². The molecular weight excluding hydrogens is 206 g/mol. The lowest BCUT2D eigenvalue weighted by atomic mass is 10.1. The number of nitrogens with zero attached hydrogens (tertiary/aromatic N) is 1. The lowest BCUT2D eigenvalue weighted by Gasteiger charge is -2.23. The summed E-state index contributed by atoms with van der Waals surface area (Å²) in [5.74, 6) is 0. The Morgan fingerprint density at radius 3 is 3.00 bits per heavy atom. The van der Waals surface area contributed by atoms with Gasteiger partial charge >= 0.3 is 0 Å². The average molecular weight is 216 g/mol. The van der Waals surface area contributed by atoms with Gasteiger partial charge in [0, 0.05) is 6.54 Å². The van der Waals surface area contributed by atoms with E-state index in [1.807, 2.05) is 24.4 Å². The van der Waals surface area contributed by atoms with Crippen LogP contribution in [0.15, 0.2) is 24.4 Å². The first kappa shape index (κ1) is 7.37. The Morgan fingerprint density at radius 1 is 1.45 bits per heavy atom. The van der Waals surface area contributed by atoms with Crippen LogP contribution in [-0.2, 0) is 0 Å². The maximum atomic E-state index is 9.62. The minimum atomic E-state index is -0.267. The Morgan fingerprint density at radius 2 is 2.27 bits per heavy atom. The number of alkyl halides is 1. The number of hydrogen-bond acceptors (Lipinski definition) is 2. The molecule has 3 atom stereocenters. The van der Waals surface area contributed by atoms with Crippen LogP contribution in [0.4, 0.5) is 0 Å². The van der Waals surface area contributed by atoms with Gasteiger partial charge in [0.25, 0.3) is 0 Å². The van der Waals surface area contributed by atoms with E-state index in [1.54, 1.807) is 0 Å². The van der Waals surface area contributed by atoms with E-state index in [9.17, 15) is 5.11 Å². The summed E-state index contributed by atoms with van der Waals surface area (Å²) in [7, 11) is 0. The lowest BCUT2D eigenvalue weighted by Crippen LogP contribution is -2.31. The van der Waals surface area contributed by atoms with Crippen LogP contribution in [0.5, 0.6) is 0 Å². The Bertz CT molecular complexity index is 214. The van der Waals surface area contributed by atoms with E-state index in [1.165, 1.54) is 0 Å². The van der Waals surface area contributed by atoms with Crippen molar-refractivity contribution in [3.63, 3.8) is 0 Å². The van der Waals surface area contributed by atoms with Gasteiger partial charge in [0.15, 0.2) is 0 Å². The molecule has 2 heterocycles. The highest BCUT2D eigenvalue weighted by molar-refractivity contribution is 9.09. The van der Waals surface area contributed by atoms with Gasteiger partial charge in [0.05, 0.1) is 17.0 Å². The number of allylic oxidation sites excluding steroid dienone is 2. The van der Waals surface area contributed by atoms with Gasteiger partial charge < -0.3 is 10.0 Å². The Labute approximate surface area is 74.3 Å². The maximum absolute atomic E-state index is 9.62. The van der Waals surface area contributed by atoms with E-state index in [-0.39, 0.29) is 17.0 Å². The zero-order valence-electron chi connectivity index (χ0n) is 6.02. The molecule has 1 fully saturated rings. The summed E-state index contributed by atoms with van der Waals surface area (Å²) in [4.78, 5) is 2.35. The number of aliphatic hydroxyl groups is 1. The summed E-state index contributed by atoms with van der Waals surface area (Å²) in [5.41, 5.74) is 0. The Balaban J connectivity index is 2.20. The molecule has 0 aromatic carbocycles. The normalized spacial score (nSPS) is 41.3. The van der Waals surface area contributed by atoms with Gasteiger partial charge in [-0.2, -0.15) is 0 Å². The summed E-state index contributed by atoms with van der Waals surface area (Å²) in [6.07, 6.45) is 7.77. The fourth-order valence-corrected chi connectivity index (χ4v) is 2.21. The second-order valence-electron chi connectivity index (χ2n) is 2.92. The molecule has 60 valence electrons. The molecule has 0 spiro atoms. The third-order valence-electron chi connectivity index (χ3n) is 2.19. The molecule has 0 aliphatic carbocycles. The molecule has 2 rings (SSSR count). The number of halogens is 1. The van der Waals surface area contributed by atoms with Gasteiger partial charge in [-0.1, -0.05) is 28.1 Å². The molecule has 2 aliphatic heterocycles. The Hall–Kier alpha value is -0.280. The smallest absolute Gasteiger partial charge is 0.0921 e. The van der Waals surface area contributed by atoms with Crippen molar-refractivity contribution in [1.82, 2.24) is 4.90 Å². The van der Waals surface area contributed by atoms with Crippen LogP contribution in [0.2, 0.25) is 0 Å². The SMILES string of the molecule is O[C@H]1C2C=CC=CN2C[C@@H]1Br. The largest absolute Gasteiger partial charge is 0.389 e. The average Bonchev–Trinajstić information content (AvgIpc) is 2.30. The molecule has 0 saturated carbocycles. The van der Waals surface area contributed by atoms with Gasteiger partial charge in [-0.25, -0.2) is 0 Å². The second-order valence-corrected chi connectivity index (χ2v) is 4.10. The van der Waals surface area contributed by atoms with E-state index in [0.717, 1.165) is 6.54 Å². The molecule has 0 radical (unpaired) electrons. The van der Waals surface area contributed by atoms with Crippen LogP contribution in [0.25, 0.3) is 0 Å². The zero-order valence-corrected chi connectivity index (χ0v) is 7.61. The summed E-state index contributed by atoms with van der Waals surface area (Å²) in [6.45, 7) is 0.896. The molecule has 1 unspecified atom stereocenters. The molecule has 1 saturated heterocycles. The standard InChI is InChI=1S/C8H10BrNO/c9-6-5-10-4-2-1-3-7(10)8(6)11/h1-4,6-8,11H,5H2/t6-,7?,8+/m0/s1.